The summed E-state index contributed by atoms with van der Waals surface area (Å²) in [5.41, 5.74) is 0.620. The third kappa shape index (κ3) is 6.87. The highest BCUT2D eigenvalue weighted by atomic mass is 32.2. The first-order chi connectivity index (χ1) is 12.6. The van der Waals surface area contributed by atoms with Crippen molar-refractivity contribution in [1.29, 1.82) is 0 Å². The fourth-order valence-electron chi connectivity index (χ4n) is 3.26. The van der Waals surface area contributed by atoms with E-state index in [0.29, 0.717) is 42.5 Å². The zero-order chi connectivity index (χ0) is 18.8. The Bertz CT molecular complexity index is 627. The summed E-state index contributed by atoms with van der Waals surface area (Å²) in [6.45, 7) is 4.63. The predicted molar refractivity (Wildman–Crippen MR) is 108 cm³/mol. The van der Waals surface area contributed by atoms with E-state index in [1.807, 2.05) is 36.9 Å². The zero-order valence-corrected chi connectivity index (χ0v) is 16.5. The van der Waals surface area contributed by atoms with Gasteiger partial charge in [0.15, 0.2) is 5.78 Å². The number of oxime groups is 1. The normalized spacial score (nSPS) is 19.2. The standard InChI is InChI=1S/C21H29NO3S/c1-3-25-22-12-8-7-11-19-20(23)14-17(15-21(19)24)13-16(2)26-18-9-5-4-6-10-18/h4-6,9-10,12,16-17,23H,3,7-8,11,13-15H2,1-2H3. The van der Waals surface area contributed by atoms with E-state index in [9.17, 15) is 9.90 Å². The molecule has 5 heteroatoms. The van der Waals surface area contributed by atoms with E-state index in [4.69, 9.17) is 4.84 Å². The Balaban J connectivity index is 1.80. The number of unbranched alkanes of at least 4 members (excludes halogenated alkanes) is 1. The lowest BCUT2D eigenvalue weighted by Gasteiger charge is -2.25. The van der Waals surface area contributed by atoms with E-state index in [-0.39, 0.29) is 11.7 Å². The van der Waals surface area contributed by atoms with Crippen molar-refractivity contribution in [1.82, 2.24) is 0 Å². The molecule has 2 atom stereocenters. The maximum atomic E-state index is 12.4. The van der Waals surface area contributed by atoms with Crippen molar-refractivity contribution in [3.05, 3.63) is 41.7 Å². The second kappa shape index (κ2) is 11.1. The third-order valence-electron chi connectivity index (χ3n) is 4.42. The van der Waals surface area contributed by atoms with Gasteiger partial charge in [0.25, 0.3) is 0 Å². The Morgan fingerprint density at radius 2 is 2.12 bits per heavy atom. The van der Waals surface area contributed by atoms with Gasteiger partial charge in [-0.05, 0) is 50.7 Å². The highest BCUT2D eigenvalue weighted by Gasteiger charge is 2.28. The van der Waals surface area contributed by atoms with Crippen LogP contribution in [0.25, 0.3) is 0 Å². The number of rotatable bonds is 10. The minimum Gasteiger partial charge on any atom is -0.512 e. The summed E-state index contributed by atoms with van der Waals surface area (Å²) in [6.07, 6.45) is 5.98. The monoisotopic (exact) mass is 375 g/mol. The smallest absolute Gasteiger partial charge is 0.162 e. The Kier molecular flexibility index (Phi) is 8.75. The van der Waals surface area contributed by atoms with Crippen LogP contribution in [0.5, 0.6) is 0 Å². The number of aliphatic hydroxyl groups excluding tert-OH is 1. The van der Waals surface area contributed by atoms with Crippen LogP contribution in [-0.2, 0) is 9.63 Å². The van der Waals surface area contributed by atoms with Gasteiger partial charge in [-0.3, -0.25) is 4.79 Å². The summed E-state index contributed by atoms with van der Waals surface area (Å²) in [5, 5.41) is 14.6. The molecule has 2 rings (SSSR count). The molecule has 1 aliphatic carbocycles. The molecular formula is C21H29NO3S. The molecule has 1 N–H and O–H groups in total. The number of Topliss-reactive ketones (excluding diaryl/α,β-unsaturated/α-hetero) is 1. The predicted octanol–water partition coefficient (Wildman–Crippen LogP) is 5.54. The summed E-state index contributed by atoms with van der Waals surface area (Å²) in [4.78, 5) is 18.6. The highest BCUT2D eigenvalue weighted by Crippen LogP contribution is 2.35. The van der Waals surface area contributed by atoms with Crippen LogP contribution in [-0.4, -0.2) is 29.0 Å². The third-order valence-corrected chi connectivity index (χ3v) is 5.56. The number of aliphatic hydroxyl groups is 1. The minimum atomic E-state index is 0.109. The van der Waals surface area contributed by atoms with E-state index >= 15 is 0 Å². The molecule has 1 aromatic rings. The molecule has 0 saturated carbocycles. The van der Waals surface area contributed by atoms with Crippen LogP contribution < -0.4 is 0 Å². The maximum absolute atomic E-state index is 12.4. The first-order valence-electron chi connectivity index (χ1n) is 9.39. The van der Waals surface area contributed by atoms with E-state index < -0.39 is 0 Å². The molecule has 0 heterocycles. The fraction of sp³-hybridized carbons (Fsp3) is 0.524. The van der Waals surface area contributed by atoms with Crippen LogP contribution in [0, 0.1) is 5.92 Å². The van der Waals surface area contributed by atoms with Gasteiger partial charge in [0.1, 0.15) is 6.61 Å². The Morgan fingerprint density at radius 1 is 1.35 bits per heavy atom. The number of carbonyl (C=O) groups excluding carboxylic acids is 1. The summed E-state index contributed by atoms with van der Waals surface area (Å²) in [5.74, 6) is 0.638. The van der Waals surface area contributed by atoms with Crippen LogP contribution >= 0.6 is 11.8 Å². The van der Waals surface area contributed by atoms with Gasteiger partial charge in [0, 0.05) is 34.8 Å². The summed E-state index contributed by atoms with van der Waals surface area (Å²) in [6, 6.07) is 10.3. The molecule has 0 aromatic heterocycles. The molecule has 0 saturated heterocycles. The zero-order valence-electron chi connectivity index (χ0n) is 15.7. The number of allylic oxidation sites excluding steroid dienone is 2. The number of carbonyl (C=O) groups is 1. The number of benzene rings is 1. The SMILES string of the molecule is CCON=CCCCC1=C(O)CC(CC(C)Sc2ccccc2)CC1=O. The molecule has 0 spiro atoms. The first kappa shape index (κ1) is 20.6. The first-order valence-corrected chi connectivity index (χ1v) is 10.3. The van der Waals surface area contributed by atoms with Crippen LogP contribution in [0.2, 0.25) is 0 Å². The Morgan fingerprint density at radius 3 is 2.81 bits per heavy atom. The van der Waals surface area contributed by atoms with Gasteiger partial charge in [-0.2, -0.15) is 0 Å². The molecule has 1 aliphatic rings. The lowest BCUT2D eigenvalue weighted by atomic mass is 9.83. The van der Waals surface area contributed by atoms with Gasteiger partial charge in [0.05, 0.1) is 5.76 Å². The number of hydrogen-bond acceptors (Lipinski definition) is 5. The van der Waals surface area contributed by atoms with Crippen LogP contribution in [0.4, 0.5) is 0 Å². The molecule has 0 bridgehead atoms. The van der Waals surface area contributed by atoms with Crippen molar-refractivity contribution in [2.45, 2.75) is 62.5 Å². The molecule has 142 valence electrons. The van der Waals surface area contributed by atoms with E-state index in [2.05, 4.69) is 24.2 Å². The maximum Gasteiger partial charge on any atom is 0.162 e. The van der Waals surface area contributed by atoms with Crippen LogP contribution in [0.15, 0.2) is 51.7 Å². The second-order valence-electron chi connectivity index (χ2n) is 6.70. The molecule has 2 unspecified atom stereocenters. The van der Waals surface area contributed by atoms with E-state index in [1.54, 1.807) is 6.21 Å². The molecular weight excluding hydrogens is 346 g/mol. The van der Waals surface area contributed by atoms with Crippen LogP contribution in [0.1, 0.15) is 52.4 Å². The van der Waals surface area contributed by atoms with Crippen molar-refractivity contribution in [3.8, 4) is 0 Å². The highest BCUT2D eigenvalue weighted by molar-refractivity contribution is 7.99. The molecule has 0 amide bonds. The van der Waals surface area contributed by atoms with Crippen molar-refractivity contribution in [2.24, 2.45) is 11.1 Å². The second-order valence-corrected chi connectivity index (χ2v) is 8.21. The van der Waals surface area contributed by atoms with Gasteiger partial charge < -0.3 is 9.94 Å². The van der Waals surface area contributed by atoms with Crippen molar-refractivity contribution >= 4 is 23.8 Å². The summed E-state index contributed by atoms with van der Waals surface area (Å²) in [7, 11) is 0. The number of hydrogen-bond donors (Lipinski definition) is 1. The number of nitrogens with zero attached hydrogens (tertiary/aromatic N) is 1. The van der Waals surface area contributed by atoms with Crippen LogP contribution in [0.3, 0.4) is 0 Å². The number of ketones is 1. The van der Waals surface area contributed by atoms with Gasteiger partial charge >= 0.3 is 0 Å². The fourth-order valence-corrected chi connectivity index (χ4v) is 4.41. The molecule has 26 heavy (non-hydrogen) atoms. The lowest BCUT2D eigenvalue weighted by molar-refractivity contribution is -0.117. The number of thioether (sulfide) groups is 1. The Hall–Kier alpha value is -1.75. The molecule has 0 aliphatic heterocycles. The topological polar surface area (TPSA) is 58.9 Å². The van der Waals surface area contributed by atoms with E-state index in [1.165, 1.54) is 4.90 Å². The minimum absolute atomic E-state index is 0.109. The average molecular weight is 376 g/mol. The van der Waals surface area contributed by atoms with Gasteiger partial charge in [0.2, 0.25) is 0 Å². The molecule has 0 radical (unpaired) electrons. The summed E-state index contributed by atoms with van der Waals surface area (Å²) >= 11 is 1.83. The average Bonchev–Trinajstić information content (AvgIpc) is 2.60. The van der Waals surface area contributed by atoms with Gasteiger partial charge in [-0.25, -0.2) is 0 Å². The molecule has 0 fully saturated rings. The van der Waals surface area contributed by atoms with Gasteiger partial charge in [-0.1, -0.05) is 30.3 Å². The molecule has 4 nitrogen and oxygen atoms in total. The van der Waals surface area contributed by atoms with Crippen molar-refractivity contribution < 1.29 is 14.7 Å². The lowest BCUT2D eigenvalue weighted by Crippen LogP contribution is -2.22. The quantitative estimate of drug-likeness (QED) is 0.252. The Labute approximate surface area is 160 Å². The van der Waals surface area contributed by atoms with E-state index in [0.717, 1.165) is 19.3 Å². The van der Waals surface area contributed by atoms with Crippen molar-refractivity contribution in [2.75, 3.05) is 6.61 Å². The summed E-state index contributed by atoms with van der Waals surface area (Å²) < 4.78 is 0. The molecule has 1 aromatic carbocycles. The largest absolute Gasteiger partial charge is 0.512 e. The van der Waals surface area contributed by atoms with Crippen molar-refractivity contribution in [3.63, 3.8) is 0 Å². The van der Waals surface area contributed by atoms with Gasteiger partial charge in [-0.15, -0.1) is 11.8 Å².